The van der Waals surface area contributed by atoms with E-state index in [1.54, 1.807) is 0 Å². The van der Waals surface area contributed by atoms with Crippen molar-refractivity contribution < 1.29 is 0 Å². The largest absolute Gasteiger partial charge is 0.326 e. The minimum Gasteiger partial charge on any atom is -0.326 e. The Hall–Kier alpha value is -0.0831. The fraction of sp³-hybridized carbons (Fsp3) is 0.818. The fourth-order valence-electron chi connectivity index (χ4n) is 2.01. The number of hydrogen-bond acceptors (Lipinski definition) is 1. The zero-order valence-corrected chi connectivity index (χ0v) is 10.9. The monoisotopic (exact) mass is 199 g/mol. The molecule has 0 amide bonds. The number of nitrogens with zero attached hydrogens (tertiary/aromatic N) is 1. The standard InChI is InChI=1S/C11H25NSi/c1-7-9-10-13(8-2,11(3)4)12(5)6/h8,11H,2,7,9-10H2,1,3-6H3. The van der Waals surface area contributed by atoms with Gasteiger partial charge >= 0.3 is 0 Å². The van der Waals surface area contributed by atoms with Crippen LogP contribution in [0.1, 0.15) is 33.6 Å². The molecule has 0 aromatic carbocycles. The average molecular weight is 199 g/mol. The van der Waals surface area contributed by atoms with Gasteiger partial charge in [0.15, 0.2) is 8.24 Å². The molecule has 0 N–H and O–H groups in total. The molecule has 0 radical (unpaired) electrons. The summed E-state index contributed by atoms with van der Waals surface area (Å²) in [6.07, 6.45) is 2.64. The number of unbranched alkanes of at least 4 members (excludes halogenated alkanes) is 1. The van der Waals surface area contributed by atoms with Gasteiger partial charge in [-0.1, -0.05) is 39.3 Å². The molecule has 0 aliphatic heterocycles. The van der Waals surface area contributed by atoms with E-state index in [0.29, 0.717) is 0 Å². The highest BCUT2D eigenvalue weighted by atomic mass is 28.3. The first kappa shape index (κ1) is 12.9. The molecule has 1 nitrogen and oxygen atoms in total. The lowest BCUT2D eigenvalue weighted by Crippen LogP contribution is -2.50. The Balaban J connectivity index is 4.55. The molecule has 2 heteroatoms. The van der Waals surface area contributed by atoms with Crippen LogP contribution in [0, 0.1) is 0 Å². The Morgan fingerprint density at radius 1 is 1.38 bits per heavy atom. The molecule has 0 aromatic heterocycles. The van der Waals surface area contributed by atoms with Gasteiger partial charge < -0.3 is 4.57 Å². The lowest BCUT2D eigenvalue weighted by molar-refractivity contribution is 0.590. The Bertz CT molecular complexity index is 144. The van der Waals surface area contributed by atoms with Crippen LogP contribution < -0.4 is 0 Å². The first-order valence-electron chi connectivity index (χ1n) is 5.32. The van der Waals surface area contributed by atoms with Gasteiger partial charge in [-0.2, -0.15) is 0 Å². The van der Waals surface area contributed by atoms with E-state index in [-0.39, 0.29) is 0 Å². The molecule has 0 fully saturated rings. The van der Waals surface area contributed by atoms with Crippen LogP contribution in [-0.2, 0) is 0 Å². The maximum atomic E-state index is 4.05. The first-order valence-corrected chi connectivity index (χ1v) is 7.63. The van der Waals surface area contributed by atoms with E-state index >= 15 is 0 Å². The van der Waals surface area contributed by atoms with Gasteiger partial charge in [-0.3, -0.25) is 0 Å². The highest BCUT2D eigenvalue weighted by Gasteiger charge is 2.35. The molecule has 0 heterocycles. The molecule has 0 saturated heterocycles. The molecule has 0 aliphatic carbocycles. The quantitative estimate of drug-likeness (QED) is 0.592. The van der Waals surface area contributed by atoms with Gasteiger partial charge in [-0.25, -0.2) is 0 Å². The Morgan fingerprint density at radius 3 is 2.15 bits per heavy atom. The van der Waals surface area contributed by atoms with Gasteiger partial charge in [0.05, 0.1) is 0 Å². The molecule has 0 bridgehead atoms. The molecular formula is C11H25NSi. The molecule has 1 unspecified atom stereocenters. The normalized spacial score (nSPS) is 16.2. The summed E-state index contributed by atoms with van der Waals surface area (Å²) in [6.45, 7) is 11.0. The van der Waals surface area contributed by atoms with E-state index < -0.39 is 8.24 Å². The van der Waals surface area contributed by atoms with E-state index in [9.17, 15) is 0 Å². The molecule has 13 heavy (non-hydrogen) atoms. The summed E-state index contributed by atoms with van der Waals surface area (Å²) in [5, 5.41) is 0. The van der Waals surface area contributed by atoms with Crippen molar-refractivity contribution in [1.29, 1.82) is 0 Å². The molecule has 0 aliphatic rings. The van der Waals surface area contributed by atoms with Gasteiger partial charge in [0, 0.05) is 0 Å². The van der Waals surface area contributed by atoms with E-state index in [2.05, 4.69) is 51.7 Å². The Labute approximate surface area is 84.9 Å². The lowest BCUT2D eigenvalue weighted by atomic mass is 10.4. The second-order valence-electron chi connectivity index (χ2n) is 4.35. The van der Waals surface area contributed by atoms with Crippen LogP contribution >= 0.6 is 0 Å². The first-order chi connectivity index (χ1) is 6.01. The van der Waals surface area contributed by atoms with Gasteiger partial charge in [-0.05, 0) is 25.7 Å². The van der Waals surface area contributed by atoms with Crippen LogP contribution in [-0.4, -0.2) is 26.9 Å². The van der Waals surface area contributed by atoms with Crippen molar-refractivity contribution in [2.45, 2.75) is 45.2 Å². The van der Waals surface area contributed by atoms with Crippen molar-refractivity contribution in [3.05, 3.63) is 12.3 Å². The van der Waals surface area contributed by atoms with Crippen molar-refractivity contribution in [2.75, 3.05) is 14.1 Å². The smallest absolute Gasteiger partial charge is 0.154 e. The predicted molar refractivity (Wildman–Crippen MR) is 64.5 cm³/mol. The van der Waals surface area contributed by atoms with Gasteiger partial charge in [0.1, 0.15) is 0 Å². The summed E-state index contributed by atoms with van der Waals surface area (Å²) < 4.78 is 2.44. The topological polar surface area (TPSA) is 3.24 Å². The van der Waals surface area contributed by atoms with Gasteiger partial charge in [0.25, 0.3) is 0 Å². The fourth-order valence-corrected chi connectivity index (χ4v) is 6.03. The maximum absolute atomic E-state index is 4.05. The molecular weight excluding hydrogens is 174 g/mol. The van der Waals surface area contributed by atoms with Crippen LogP contribution in [0.2, 0.25) is 11.6 Å². The van der Waals surface area contributed by atoms with Crippen LogP contribution in [0.15, 0.2) is 12.3 Å². The second-order valence-corrected chi connectivity index (χ2v) is 9.29. The van der Waals surface area contributed by atoms with E-state index in [4.69, 9.17) is 0 Å². The van der Waals surface area contributed by atoms with Crippen molar-refractivity contribution in [3.8, 4) is 0 Å². The third kappa shape index (κ3) is 2.95. The van der Waals surface area contributed by atoms with Gasteiger partial charge in [0.2, 0.25) is 0 Å². The van der Waals surface area contributed by atoms with Gasteiger partial charge in [-0.15, -0.1) is 6.58 Å². The zero-order chi connectivity index (χ0) is 10.5. The van der Waals surface area contributed by atoms with Crippen molar-refractivity contribution in [3.63, 3.8) is 0 Å². The summed E-state index contributed by atoms with van der Waals surface area (Å²) in [7, 11) is 3.08. The van der Waals surface area contributed by atoms with Crippen molar-refractivity contribution in [2.24, 2.45) is 0 Å². The van der Waals surface area contributed by atoms with Crippen LogP contribution in [0.4, 0.5) is 0 Å². The molecule has 78 valence electrons. The number of rotatable bonds is 6. The Kier molecular flexibility index (Phi) is 5.57. The molecule has 0 spiro atoms. The molecule has 0 rings (SSSR count). The van der Waals surface area contributed by atoms with Crippen LogP contribution in [0.5, 0.6) is 0 Å². The van der Waals surface area contributed by atoms with Crippen LogP contribution in [0.25, 0.3) is 0 Å². The summed E-state index contributed by atoms with van der Waals surface area (Å²) in [6, 6.07) is 1.36. The summed E-state index contributed by atoms with van der Waals surface area (Å²) in [5.41, 5.74) is 3.03. The third-order valence-corrected chi connectivity index (χ3v) is 8.64. The summed E-state index contributed by atoms with van der Waals surface area (Å²) in [5.74, 6) is 0. The predicted octanol–water partition coefficient (Wildman–Crippen LogP) is 3.43. The minimum atomic E-state index is -1.35. The highest BCUT2D eigenvalue weighted by molar-refractivity contribution is 6.83. The molecule has 0 saturated carbocycles. The second kappa shape index (κ2) is 5.61. The van der Waals surface area contributed by atoms with E-state index in [0.717, 1.165) is 5.54 Å². The lowest BCUT2D eigenvalue weighted by Gasteiger charge is -2.38. The minimum absolute atomic E-state index is 0.770. The van der Waals surface area contributed by atoms with E-state index in [1.165, 1.54) is 18.9 Å². The Morgan fingerprint density at radius 2 is 1.92 bits per heavy atom. The summed E-state index contributed by atoms with van der Waals surface area (Å²) in [4.78, 5) is 0. The van der Waals surface area contributed by atoms with E-state index in [1.807, 2.05) is 0 Å². The average Bonchev–Trinajstić information content (AvgIpc) is 2.05. The third-order valence-electron chi connectivity index (χ3n) is 3.12. The van der Waals surface area contributed by atoms with Crippen molar-refractivity contribution >= 4 is 8.24 Å². The molecule has 1 atom stereocenters. The SMILES string of the molecule is C=C[Si](CCCC)(C(C)C)N(C)C. The van der Waals surface area contributed by atoms with Crippen molar-refractivity contribution in [1.82, 2.24) is 4.57 Å². The molecule has 0 aromatic rings. The van der Waals surface area contributed by atoms with Crippen LogP contribution in [0.3, 0.4) is 0 Å². The maximum Gasteiger partial charge on any atom is 0.154 e. The summed E-state index contributed by atoms with van der Waals surface area (Å²) >= 11 is 0. The zero-order valence-electron chi connectivity index (χ0n) is 9.93. The highest BCUT2D eigenvalue weighted by Crippen LogP contribution is 2.29. The number of hydrogen-bond donors (Lipinski definition) is 0.